The molecule has 0 spiro atoms. The third-order valence-corrected chi connectivity index (χ3v) is 6.23. The number of nitrogen functional groups attached to an aromatic ring is 1. The minimum Gasteiger partial charge on any atom is -0.399 e. The highest BCUT2D eigenvalue weighted by Gasteiger charge is 2.36. The lowest BCUT2D eigenvalue weighted by atomic mass is 10.0. The summed E-state index contributed by atoms with van der Waals surface area (Å²) in [7, 11) is -2.76. The first-order valence-corrected chi connectivity index (χ1v) is 11.8. The second-order valence-electron chi connectivity index (χ2n) is 7.70. The van der Waals surface area contributed by atoms with E-state index >= 15 is 0 Å². The van der Waals surface area contributed by atoms with Gasteiger partial charge in [-0.25, -0.2) is 9.97 Å². The van der Waals surface area contributed by atoms with Crippen LogP contribution in [0.1, 0.15) is 29.9 Å². The summed E-state index contributed by atoms with van der Waals surface area (Å²) in [6, 6.07) is 6.18. The summed E-state index contributed by atoms with van der Waals surface area (Å²) in [4.78, 5) is 7.10. The number of fused-ring (bicyclic) bond motifs is 1. The quantitative estimate of drug-likeness (QED) is 0.288. The van der Waals surface area contributed by atoms with Gasteiger partial charge in [0.1, 0.15) is 13.0 Å². The van der Waals surface area contributed by atoms with Gasteiger partial charge in [-0.05, 0) is 62.2 Å². The second kappa shape index (κ2) is 7.95. The molecule has 0 bridgehead atoms. The summed E-state index contributed by atoms with van der Waals surface area (Å²) in [5.41, 5.74) is 4.52. The lowest BCUT2D eigenvalue weighted by molar-refractivity contribution is -0.144. The Labute approximate surface area is 179 Å². The fourth-order valence-corrected chi connectivity index (χ4v) is 3.94. The molecule has 0 aliphatic carbocycles. The fraction of sp³-hybridized carbons (Fsp3) is 0.300. The van der Waals surface area contributed by atoms with Crippen molar-refractivity contribution in [1.82, 2.24) is 9.97 Å². The fourth-order valence-electron chi connectivity index (χ4n) is 3.07. The van der Waals surface area contributed by atoms with Gasteiger partial charge >= 0.3 is 12.4 Å². The van der Waals surface area contributed by atoms with E-state index in [4.69, 9.17) is 5.73 Å². The zero-order chi connectivity index (χ0) is 24.1. The van der Waals surface area contributed by atoms with Gasteiger partial charge in [-0.1, -0.05) is 0 Å². The number of rotatable bonds is 4. The summed E-state index contributed by atoms with van der Waals surface area (Å²) < 4.78 is 91.8. The molecule has 3 N–H and O–H groups in total. The van der Waals surface area contributed by atoms with Crippen LogP contribution in [0.15, 0.2) is 36.4 Å². The molecule has 32 heavy (non-hydrogen) atoms. The average molecular weight is 476 g/mol. The number of halogens is 6. The number of benzene rings is 2. The van der Waals surface area contributed by atoms with Crippen molar-refractivity contribution in [3.8, 4) is 0 Å². The normalized spacial score (nSPS) is 13.9. The lowest BCUT2D eigenvalue weighted by Crippen LogP contribution is -2.17. The molecular formula is C20H19F6N4OP. The molecule has 0 saturated heterocycles. The summed E-state index contributed by atoms with van der Waals surface area (Å²) in [6.45, 7) is 4.46. The number of hydrogen-bond acceptors (Lipinski definition) is 5. The summed E-state index contributed by atoms with van der Waals surface area (Å²) in [5, 5.41) is 3.29. The molecule has 12 heteroatoms. The van der Waals surface area contributed by atoms with Crippen LogP contribution in [0.3, 0.4) is 0 Å². The Morgan fingerprint density at radius 1 is 0.969 bits per heavy atom. The van der Waals surface area contributed by atoms with Gasteiger partial charge in [0.15, 0.2) is 0 Å². The molecule has 2 aromatic carbocycles. The molecule has 1 heterocycles. The predicted molar refractivity (Wildman–Crippen MR) is 112 cm³/mol. The molecule has 172 valence electrons. The maximum Gasteiger partial charge on any atom is 0.451 e. The SMILES string of the molecule is CC(Nc1nc(C(F)(F)F)nc2ccc(P(C)(C)=O)cc12)c1cc(N)cc(C(F)(F)F)c1. The average Bonchev–Trinajstić information content (AvgIpc) is 2.64. The summed E-state index contributed by atoms with van der Waals surface area (Å²) in [5.74, 6) is -1.66. The van der Waals surface area contributed by atoms with E-state index in [1.807, 2.05) is 0 Å². The van der Waals surface area contributed by atoms with Gasteiger partial charge in [-0.15, -0.1) is 0 Å². The molecule has 1 atom stereocenters. The molecule has 0 aliphatic heterocycles. The molecule has 5 nitrogen and oxygen atoms in total. The van der Waals surface area contributed by atoms with Crippen molar-refractivity contribution in [3.05, 3.63) is 53.3 Å². The Morgan fingerprint density at radius 2 is 1.62 bits per heavy atom. The van der Waals surface area contributed by atoms with Crippen LogP contribution >= 0.6 is 7.14 Å². The number of nitrogens with one attached hydrogen (secondary N) is 1. The monoisotopic (exact) mass is 476 g/mol. The van der Waals surface area contributed by atoms with Crippen molar-refractivity contribution in [3.63, 3.8) is 0 Å². The van der Waals surface area contributed by atoms with Crippen LogP contribution < -0.4 is 16.4 Å². The number of hydrogen-bond donors (Lipinski definition) is 2. The van der Waals surface area contributed by atoms with Crippen LogP contribution in [0.5, 0.6) is 0 Å². The maximum absolute atomic E-state index is 13.3. The first-order chi connectivity index (χ1) is 14.6. The van der Waals surface area contributed by atoms with Gasteiger partial charge in [0.2, 0.25) is 5.82 Å². The zero-order valence-corrected chi connectivity index (χ0v) is 18.0. The van der Waals surface area contributed by atoms with E-state index in [0.29, 0.717) is 5.30 Å². The van der Waals surface area contributed by atoms with Crippen molar-refractivity contribution >= 4 is 34.9 Å². The van der Waals surface area contributed by atoms with Gasteiger partial charge in [0.05, 0.1) is 17.1 Å². The van der Waals surface area contributed by atoms with Crippen molar-refractivity contribution in [2.24, 2.45) is 0 Å². The Kier molecular flexibility index (Phi) is 5.93. The van der Waals surface area contributed by atoms with E-state index in [0.717, 1.165) is 12.1 Å². The standard InChI is InChI=1S/C20H19F6N4OP/c1-10(11-6-12(19(21,22)23)8-13(27)7-11)28-17-15-9-14(32(2,3)31)4-5-16(15)29-18(30-17)20(24,25)26/h4-10H,27H2,1-3H3,(H,28,29,30). The smallest absolute Gasteiger partial charge is 0.399 e. The van der Waals surface area contributed by atoms with Crippen LogP contribution in [-0.4, -0.2) is 23.3 Å². The number of nitrogens with zero attached hydrogens (tertiary/aromatic N) is 2. The van der Waals surface area contributed by atoms with Gasteiger partial charge in [0.25, 0.3) is 0 Å². The van der Waals surface area contributed by atoms with Crippen LogP contribution in [0.4, 0.5) is 37.8 Å². The molecule has 1 aromatic heterocycles. The molecule has 0 fully saturated rings. The van der Waals surface area contributed by atoms with Gasteiger partial charge in [0, 0.05) is 16.4 Å². The number of aromatic nitrogens is 2. The molecular weight excluding hydrogens is 457 g/mol. The van der Waals surface area contributed by atoms with Gasteiger partial charge in [-0.3, -0.25) is 0 Å². The van der Waals surface area contributed by atoms with E-state index in [2.05, 4.69) is 15.3 Å². The first-order valence-electron chi connectivity index (χ1n) is 9.24. The summed E-state index contributed by atoms with van der Waals surface area (Å²) >= 11 is 0. The van der Waals surface area contributed by atoms with Crippen LogP contribution in [-0.2, 0) is 16.9 Å². The van der Waals surface area contributed by atoms with Crippen molar-refractivity contribution in [1.29, 1.82) is 0 Å². The highest BCUT2D eigenvalue weighted by molar-refractivity contribution is 7.70. The minimum atomic E-state index is -4.85. The van der Waals surface area contributed by atoms with Crippen molar-refractivity contribution < 1.29 is 30.9 Å². The molecule has 3 rings (SSSR count). The van der Waals surface area contributed by atoms with Crippen LogP contribution in [0, 0.1) is 0 Å². The maximum atomic E-state index is 13.3. The van der Waals surface area contributed by atoms with E-state index in [9.17, 15) is 30.9 Å². The molecule has 3 aromatic rings. The Bertz CT molecular complexity index is 1220. The predicted octanol–water partition coefficient (Wildman–Crippen LogP) is 5.67. The third kappa shape index (κ3) is 5.15. The second-order valence-corrected chi connectivity index (χ2v) is 10.9. The number of alkyl halides is 6. The lowest BCUT2D eigenvalue weighted by Gasteiger charge is -2.20. The molecule has 0 aliphatic rings. The van der Waals surface area contributed by atoms with Crippen LogP contribution in [0.25, 0.3) is 10.9 Å². The third-order valence-electron chi connectivity index (χ3n) is 4.71. The first kappa shape index (κ1) is 23.8. The molecule has 0 amide bonds. The van der Waals surface area contributed by atoms with E-state index in [1.54, 1.807) is 0 Å². The van der Waals surface area contributed by atoms with Crippen molar-refractivity contribution in [2.75, 3.05) is 24.4 Å². The topological polar surface area (TPSA) is 80.9 Å². The van der Waals surface area contributed by atoms with E-state index in [1.165, 1.54) is 44.5 Å². The largest absolute Gasteiger partial charge is 0.451 e. The van der Waals surface area contributed by atoms with E-state index < -0.39 is 36.9 Å². The zero-order valence-electron chi connectivity index (χ0n) is 17.1. The number of nitrogens with two attached hydrogens (primary N) is 1. The Balaban J connectivity index is 2.14. The van der Waals surface area contributed by atoms with Gasteiger partial charge < -0.3 is 15.6 Å². The Morgan fingerprint density at radius 3 is 2.19 bits per heavy atom. The highest BCUT2D eigenvalue weighted by Crippen LogP contribution is 2.38. The highest BCUT2D eigenvalue weighted by atomic mass is 31.2. The number of anilines is 2. The summed E-state index contributed by atoms with van der Waals surface area (Å²) in [6.07, 6.45) is -9.49. The van der Waals surface area contributed by atoms with Crippen molar-refractivity contribution in [2.45, 2.75) is 25.3 Å². The van der Waals surface area contributed by atoms with Crippen LogP contribution in [0.2, 0.25) is 0 Å². The minimum absolute atomic E-state index is 0.0530. The van der Waals surface area contributed by atoms with Gasteiger partial charge in [-0.2, -0.15) is 26.3 Å². The molecule has 0 saturated carbocycles. The molecule has 1 unspecified atom stereocenters. The Hall–Kier alpha value is -2.81. The molecule has 0 radical (unpaired) electrons. The van der Waals surface area contributed by atoms with E-state index in [-0.39, 0.29) is 28.0 Å².